The van der Waals surface area contributed by atoms with Crippen LogP contribution in [0.4, 0.5) is 0 Å². The van der Waals surface area contributed by atoms with Crippen molar-refractivity contribution in [3.8, 4) is 0 Å². The maximum absolute atomic E-state index is 12.7. The average Bonchev–Trinajstić information content (AvgIpc) is 3.19. The van der Waals surface area contributed by atoms with Crippen LogP contribution in [0.1, 0.15) is 17.3 Å². The molecule has 3 N–H and O–H groups in total. The third-order valence-electron chi connectivity index (χ3n) is 5.24. The van der Waals surface area contributed by atoms with E-state index in [-0.39, 0.29) is 0 Å². The zero-order chi connectivity index (χ0) is 19.2. The van der Waals surface area contributed by atoms with Crippen molar-refractivity contribution in [2.75, 3.05) is 0 Å². The van der Waals surface area contributed by atoms with E-state index in [0.29, 0.717) is 5.56 Å². The molecule has 27 heavy (non-hydrogen) atoms. The van der Waals surface area contributed by atoms with Crippen molar-refractivity contribution in [1.29, 1.82) is 0 Å². The summed E-state index contributed by atoms with van der Waals surface area (Å²) < 4.78 is 5.65. The van der Waals surface area contributed by atoms with Crippen LogP contribution in [-0.4, -0.2) is 34.6 Å². The predicted molar refractivity (Wildman–Crippen MR) is 96.6 cm³/mol. The van der Waals surface area contributed by atoms with E-state index in [4.69, 9.17) is 4.74 Å². The van der Waals surface area contributed by atoms with Crippen molar-refractivity contribution >= 4 is 28.6 Å². The zero-order valence-electron chi connectivity index (χ0n) is 14.5. The van der Waals surface area contributed by atoms with Crippen LogP contribution in [0.2, 0.25) is 0 Å². The molecule has 4 rings (SSSR count). The van der Waals surface area contributed by atoms with Crippen LogP contribution < -0.4 is 10.9 Å². The number of carbonyl (C=O) groups is 3. The first-order valence-corrected chi connectivity index (χ1v) is 8.59. The number of hydrogen-bond donors (Lipinski definition) is 3. The first-order chi connectivity index (χ1) is 12.9. The van der Waals surface area contributed by atoms with E-state index >= 15 is 0 Å². The fourth-order valence-electron chi connectivity index (χ4n) is 3.97. The predicted octanol–water partition coefficient (Wildman–Crippen LogP) is 1.65. The second-order valence-electron chi connectivity index (χ2n) is 6.94. The number of amides is 2. The summed E-state index contributed by atoms with van der Waals surface area (Å²) in [4.78, 5) is 36.8. The molecule has 2 aliphatic rings. The number of nitrogens with one attached hydrogen (secondary N) is 2. The Morgan fingerprint density at radius 1 is 1.07 bits per heavy atom. The molecule has 7 nitrogen and oxygen atoms in total. The van der Waals surface area contributed by atoms with Crippen LogP contribution >= 0.6 is 0 Å². The maximum atomic E-state index is 12.7. The van der Waals surface area contributed by atoms with Gasteiger partial charge in [-0.25, -0.2) is 0 Å². The molecule has 138 valence electrons. The number of fused-ring (bicyclic) bond motifs is 3. The highest BCUT2D eigenvalue weighted by atomic mass is 16.5. The minimum Gasteiger partial charge on any atom is -0.481 e. The summed E-state index contributed by atoms with van der Waals surface area (Å²) in [5.41, 5.74) is 4.18. The van der Waals surface area contributed by atoms with Gasteiger partial charge in [0.05, 0.1) is 17.6 Å². The number of rotatable bonds is 3. The molecule has 1 saturated heterocycles. The fraction of sp³-hybridized carbons (Fsp3) is 0.250. The Bertz CT molecular complexity index is 980. The number of benzene rings is 2. The van der Waals surface area contributed by atoms with E-state index in [9.17, 15) is 19.5 Å². The monoisotopic (exact) mass is 366 g/mol. The Morgan fingerprint density at radius 3 is 2.59 bits per heavy atom. The molecule has 2 aromatic carbocycles. The van der Waals surface area contributed by atoms with Gasteiger partial charge in [0.2, 0.25) is 5.91 Å². The summed E-state index contributed by atoms with van der Waals surface area (Å²) in [7, 11) is 0. The minimum atomic E-state index is -1.10. The van der Waals surface area contributed by atoms with Crippen LogP contribution in [0.5, 0.6) is 0 Å². The molecule has 2 amide bonds. The van der Waals surface area contributed by atoms with Gasteiger partial charge in [-0.2, -0.15) is 0 Å². The molecule has 0 aliphatic carbocycles. The molecular formula is C20H18N2O5. The molecule has 2 bridgehead atoms. The lowest BCUT2D eigenvalue weighted by molar-refractivity contribution is -0.147. The van der Waals surface area contributed by atoms with Crippen molar-refractivity contribution in [3.05, 3.63) is 60.2 Å². The molecule has 0 aromatic heterocycles. The van der Waals surface area contributed by atoms with Crippen molar-refractivity contribution in [2.24, 2.45) is 11.8 Å². The topological polar surface area (TPSA) is 105 Å². The number of hydrogen-bond acceptors (Lipinski definition) is 4. The summed E-state index contributed by atoms with van der Waals surface area (Å²) in [6.45, 7) is 1.67. The molecule has 0 radical (unpaired) electrons. The van der Waals surface area contributed by atoms with Crippen molar-refractivity contribution < 1.29 is 24.2 Å². The summed E-state index contributed by atoms with van der Waals surface area (Å²) in [6, 6.07) is 12.7. The van der Waals surface area contributed by atoms with Gasteiger partial charge in [-0.1, -0.05) is 48.6 Å². The lowest BCUT2D eigenvalue weighted by atomic mass is 9.76. The zero-order valence-corrected chi connectivity index (χ0v) is 14.5. The summed E-state index contributed by atoms with van der Waals surface area (Å²) in [5.74, 6) is -4.09. The Labute approximate surface area is 155 Å². The quantitative estimate of drug-likeness (QED) is 0.566. The largest absolute Gasteiger partial charge is 0.481 e. The number of hydrazine groups is 1. The first kappa shape index (κ1) is 17.2. The van der Waals surface area contributed by atoms with Gasteiger partial charge in [-0.3, -0.25) is 25.2 Å². The molecular weight excluding hydrogens is 348 g/mol. The van der Waals surface area contributed by atoms with Crippen molar-refractivity contribution in [3.63, 3.8) is 0 Å². The van der Waals surface area contributed by atoms with Crippen LogP contribution in [-0.2, 0) is 14.3 Å². The Balaban J connectivity index is 1.51. The number of carbonyl (C=O) groups excluding carboxylic acids is 2. The number of carboxylic acids is 1. The minimum absolute atomic E-state index is 0.415. The van der Waals surface area contributed by atoms with Crippen LogP contribution in [0.25, 0.3) is 10.8 Å². The summed E-state index contributed by atoms with van der Waals surface area (Å²) in [6.07, 6.45) is 2.72. The second kappa shape index (κ2) is 6.21. The number of ether oxygens (including phenoxy) is 1. The Morgan fingerprint density at radius 2 is 1.81 bits per heavy atom. The van der Waals surface area contributed by atoms with Crippen molar-refractivity contribution in [2.45, 2.75) is 18.6 Å². The lowest BCUT2D eigenvalue weighted by Crippen LogP contribution is -2.52. The lowest BCUT2D eigenvalue weighted by Gasteiger charge is -2.27. The SMILES string of the molecule is C[C@@]12C=C[C@@H](O1)[C@@H](C(=O)O)[C@H]2C(=O)NNC(=O)c1cccc2ccccc12. The third kappa shape index (κ3) is 2.76. The van der Waals surface area contributed by atoms with Gasteiger partial charge in [-0.05, 0) is 23.8 Å². The summed E-state index contributed by atoms with van der Waals surface area (Å²) >= 11 is 0. The molecule has 2 aromatic rings. The highest BCUT2D eigenvalue weighted by Crippen LogP contribution is 2.46. The highest BCUT2D eigenvalue weighted by molar-refractivity contribution is 6.07. The van der Waals surface area contributed by atoms with Gasteiger partial charge in [0.1, 0.15) is 5.92 Å². The molecule has 7 heteroatoms. The molecule has 0 saturated carbocycles. The van der Waals surface area contributed by atoms with E-state index in [1.807, 2.05) is 30.3 Å². The van der Waals surface area contributed by atoms with E-state index in [0.717, 1.165) is 10.8 Å². The van der Waals surface area contributed by atoms with Crippen LogP contribution in [0, 0.1) is 11.8 Å². The standard InChI is InChI=1S/C20H18N2O5/c1-20-10-9-14(27-20)15(19(25)26)16(20)18(24)22-21-17(23)13-8-4-6-11-5-2-3-7-12(11)13/h2-10,14-16H,1H3,(H,21,23)(H,22,24)(H,25,26)/t14-,15-,16+,20+/m1/s1. The fourth-order valence-corrected chi connectivity index (χ4v) is 3.97. The molecule has 0 spiro atoms. The van der Waals surface area contributed by atoms with Gasteiger partial charge in [-0.15, -0.1) is 0 Å². The molecule has 2 aliphatic heterocycles. The average molecular weight is 366 g/mol. The van der Waals surface area contributed by atoms with E-state index in [2.05, 4.69) is 10.9 Å². The molecule has 4 atom stereocenters. The number of carboxylic acid groups (broad SMARTS) is 1. The van der Waals surface area contributed by atoms with Gasteiger partial charge in [0, 0.05) is 5.56 Å². The Kier molecular flexibility index (Phi) is 3.96. The molecule has 2 heterocycles. The smallest absolute Gasteiger partial charge is 0.310 e. The van der Waals surface area contributed by atoms with Gasteiger partial charge in [0.25, 0.3) is 5.91 Å². The van der Waals surface area contributed by atoms with Crippen LogP contribution in [0.3, 0.4) is 0 Å². The highest BCUT2D eigenvalue weighted by Gasteiger charge is 2.59. The van der Waals surface area contributed by atoms with E-state index in [1.54, 1.807) is 31.2 Å². The van der Waals surface area contributed by atoms with Gasteiger partial charge in [0.15, 0.2) is 0 Å². The Hall–Kier alpha value is -3.19. The molecule has 1 fully saturated rings. The van der Waals surface area contributed by atoms with Gasteiger partial charge >= 0.3 is 5.97 Å². The first-order valence-electron chi connectivity index (χ1n) is 8.59. The van der Waals surface area contributed by atoms with Gasteiger partial charge < -0.3 is 9.84 Å². The maximum Gasteiger partial charge on any atom is 0.310 e. The molecule has 0 unspecified atom stereocenters. The third-order valence-corrected chi connectivity index (χ3v) is 5.24. The van der Waals surface area contributed by atoms with E-state index in [1.165, 1.54) is 0 Å². The normalized spacial score (nSPS) is 28.3. The van der Waals surface area contributed by atoms with Crippen LogP contribution in [0.15, 0.2) is 54.6 Å². The number of aliphatic carboxylic acids is 1. The second-order valence-corrected chi connectivity index (χ2v) is 6.94. The van der Waals surface area contributed by atoms with Crippen molar-refractivity contribution in [1.82, 2.24) is 10.9 Å². The van der Waals surface area contributed by atoms with E-state index < -0.39 is 41.3 Å². The summed E-state index contributed by atoms with van der Waals surface area (Å²) in [5, 5.41) is 11.1.